The Hall–Kier alpha value is -3.43. The molecule has 4 rings (SSSR count). The zero-order chi connectivity index (χ0) is 22.0. The number of hydrogen-bond donors (Lipinski definition) is 3. The Bertz CT molecular complexity index is 1250. The van der Waals surface area contributed by atoms with Crippen LogP contribution >= 0.6 is 11.6 Å². The van der Waals surface area contributed by atoms with Gasteiger partial charge >= 0.3 is 0 Å². The van der Waals surface area contributed by atoms with E-state index in [1.54, 1.807) is 30.3 Å². The summed E-state index contributed by atoms with van der Waals surface area (Å²) in [7, 11) is -3.99. The number of carbonyl (C=O) groups is 1. The predicted octanol–water partition coefficient (Wildman–Crippen LogP) is 3.51. The molecule has 0 fully saturated rings. The van der Waals surface area contributed by atoms with Gasteiger partial charge in [0.25, 0.3) is 15.9 Å². The molecule has 0 spiro atoms. The molecule has 160 valence electrons. The standard InChI is InChI=1S/C21H17ClN2O6S/c22-14-2-4-15(5-3-14)24-31(27,28)16-6-7-18(25)17(10-16)21(26)23-11-13-1-8-19-20(9-13)30-12-29-19/h1-10,24-25H,11-12H2,(H,23,26). The lowest BCUT2D eigenvalue weighted by atomic mass is 10.1. The molecule has 0 aliphatic carbocycles. The van der Waals surface area contributed by atoms with Crippen LogP contribution in [-0.2, 0) is 16.6 Å². The van der Waals surface area contributed by atoms with Crippen molar-refractivity contribution in [1.29, 1.82) is 0 Å². The van der Waals surface area contributed by atoms with Gasteiger partial charge in [0.05, 0.1) is 10.5 Å². The summed E-state index contributed by atoms with van der Waals surface area (Å²) < 4.78 is 38.3. The molecule has 3 N–H and O–H groups in total. The Balaban J connectivity index is 1.50. The fourth-order valence-electron chi connectivity index (χ4n) is 2.92. The van der Waals surface area contributed by atoms with Gasteiger partial charge in [0.15, 0.2) is 11.5 Å². The number of benzene rings is 3. The molecule has 1 amide bonds. The number of carbonyl (C=O) groups excluding carboxylic acids is 1. The summed E-state index contributed by atoms with van der Waals surface area (Å²) in [5, 5.41) is 13.2. The lowest BCUT2D eigenvalue weighted by Crippen LogP contribution is -2.23. The van der Waals surface area contributed by atoms with Crippen molar-refractivity contribution in [2.24, 2.45) is 0 Å². The zero-order valence-electron chi connectivity index (χ0n) is 16.0. The van der Waals surface area contributed by atoms with Gasteiger partial charge < -0.3 is 19.9 Å². The number of phenolic OH excluding ortho intramolecular Hbond substituents is 1. The Kier molecular flexibility index (Phi) is 5.62. The van der Waals surface area contributed by atoms with Crippen molar-refractivity contribution in [2.45, 2.75) is 11.4 Å². The van der Waals surface area contributed by atoms with Crippen LogP contribution in [0.5, 0.6) is 17.2 Å². The molecular weight excluding hydrogens is 444 g/mol. The van der Waals surface area contributed by atoms with Gasteiger partial charge in [-0.15, -0.1) is 0 Å². The number of ether oxygens (including phenoxy) is 2. The highest BCUT2D eigenvalue weighted by molar-refractivity contribution is 7.92. The van der Waals surface area contributed by atoms with Crippen LogP contribution in [0.25, 0.3) is 0 Å². The molecule has 0 radical (unpaired) electrons. The van der Waals surface area contributed by atoms with E-state index in [2.05, 4.69) is 10.0 Å². The topological polar surface area (TPSA) is 114 Å². The van der Waals surface area contributed by atoms with Gasteiger partial charge in [-0.2, -0.15) is 0 Å². The fraction of sp³-hybridized carbons (Fsp3) is 0.0952. The Morgan fingerprint density at radius 1 is 1.00 bits per heavy atom. The molecule has 31 heavy (non-hydrogen) atoms. The van der Waals surface area contributed by atoms with E-state index in [0.717, 1.165) is 17.7 Å². The first-order valence-electron chi connectivity index (χ1n) is 9.10. The average molecular weight is 461 g/mol. The second kappa shape index (κ2) is 8.37. The first kappa shape index (κ1) is 20.8. The predicted molar refractivity (Wildman–Crippen MR) is 114 cm³/mol. The van der Waals surface area contributed by atoms with E-state index < -0.39 is 15.9 Å². The fourth-order valence-corrected chi connectivity index (χ4v) is 4.14. The molecule has 8 nitrogen and oxygen atoms in total. The number of rotatable bonds is 6. The maximum atomic E-state index is 12.7. The van der Waals surface area contributed by atoms with Gasteiger partial charge in [-0.1, -0.05) is 17.7 Å². The van der Waals surface area contributed by atoms with Gasteiger partial charge in [-0.05, 0) is 60.2 Å². The summed E-state index contributed by atoms with van der Waals surface area (Å²) in [5.74, 6) is 0.238. The lowest BCUT2D eigenvalue weighted by Gasteiger charge is -2.11. The van der Waals surface area contributed by atoms with Crippen molar-refractivity contribution < 1.29 is 27.8 Å². The van der Waals surface area contributed by atoms with Gasteiger partial charge in [0.2, 0.25) is 6.79 Å². The minimum atomic E-state index is -3.99. The van der Waals surface area contributed by atoms with Crippen molar-refractivity contribution >= 4 is 33.2 Å². The average Bonchev–Trinajstić information content (AvgIpc) is 3.21. The van der Waals surface area contributed by atoms with Crippen LogP contribution in [0.1, 0.15) is 15.9 Å². The maximum Gasteiger partial charge on any atom is 0.261 e. The number of aromatic hydroxyl groups is 1. The normalized spacial score (nSPS) is 12.4. The van der Waals surface area contributed by atoms with Gasteiger partial charge in [-0.3, -0.25) is 9.52 Å². The van der Waals surface area contributed by atoms with E-state index in [4.69, 9.17) is 21.1 Å². The molecule has 0 aromatic heterocycles. The Labute approximate surface area is 183 Å². The third-order valence-corrected chi connectivity index (χ3v) is 6.14. The second-order valence-electron chi connectivity index (χ2n) is 6.66. The number of hydrogen-bond acceptors (Lipinski definition) is 6. The van der Waals surface area contributed by atoms with Crippen molar-refractivity contribution in [1.82, 2.24) is 5.32 Å². The first-order chi connectivity index (χ1) is 14.8. The minimum absolute atomic E-state index is 0.143. The maximum absolute atomic E-state index is 12.7. The van der Waals surface area contributed by atoms with Gasteiger partial charge in [0.1, 0.15) is 5.75 Å². The largest absolute Gasteiger partial charge is 0.507 e. The molecular formula is C21H17ClN2O6S. The summed E-state index contributed by atoms with van der Waals surface area (Å²) in [5.41, 5.74) is 0.899. The van der Waals surface area contributed by atoms with Crippen LogP contribution in [0.15, 0.2) is 65.6 Å². The van der Waals surface area contributed by atoms with Crippen molar-refractivity contribution in [3.05, 3.63) is 76.8 Å². The highest BCUT2D eigenvalue weighted by atomic mass is 35.5. The summed E-state index contributed by atoms with van der Waals surface area (Å²) in [6.45, 7) is 0.291. The molecule has 3 aromatic rings. The van der Waals surface area contributed by atoms with Crippen LogP contribution in [0.4, 0.5) is 5.69 Å². The van der Waals surface area contributed by atoms with E-state index in [9.17, 15) is 18.3 Å². The molecule has 1 heterocycles. The second-order valence-corrected chi connectivity index (χ2v) is 8.78. The lowest BCUT2D eigenvalue weighted by molar-refractivity contribution is 0.0948. The van der Waals surface area contributed by atoms with Crippen LogP contribution in [0.3, 0.4) is 0 Å². The quantitative estimate of drug-likeness (QED) is 0.518. The van der Waals surface area contributed by atoms with E-state index >= 15 is 0 Å². The molecule has 1 aliphatic rings. The van der Waals surface area contributed by atoms with Gasteiger partial charge in [-0.25, -0.2) is 8.42 Å². The summed E-state index contributed by atoms with van der Waals surface area (Å²) >= 11 is 5.81. The number of halogens is 1. The number of fused-ring (bicyclic) bond motifs is 1. The van der Waals surface area contributed by atoms with E-state index in [1.165, 1.54) is 18.2 Å². The molecule has 0 saturated carbocycles. The summed E-state index contributed by atoms with van der Waals surface area (Å²) in [6.07, 6.45) is 0. The minimum Gasteiger partial charge on any atom is -0.507 e. The molecule has 0 bridgehead atoms. The van der Waals surface area contributed by atoms with Crippen LogP contribution < -0.4 is 19.5 Å². The number of anilines is 1. The number of phenols is 1. The van der Waals surface area contributed by atoms with Crippen molar-refractivity contribution in [3.8, 4) is 17.2 Å². The van der Waals surface area contributed by atoms with E-state index in [0.29, 0.717) is 22.2 Å². The summed E-state index contributed by atoms with van der Waals surface area (Å²) in [4.78, 5) is 12.4. The highest BCUT2D eigenvalue weighted by Gasteiger charge is 2.20. The van der Waals surface area contributed by atoms with Crippen molar-refractivity contribution in [2.75, 3.05) is 11.5 Å². The molecule has 1 aliphatic heterocycles. The summed E-state index contributed by atoms with van der Waals surface area (Å²) in [6, 6.07) is 14.8. The monoisotopic (exact) mass is 460 g/mol. The number of nitrogens with one attached hydrogen (secondary N) is 2. The highest BCUT2D eigenvalue weighted by Crippen LogP contribution is 2.32. The smallest absolute Gasteiger partial charge is 0.261 e. The van der Waals surface area contributed by atoms with E-state index in [-0.39, 0.29) is 29.5 Å². The first-order valence-corrected chi connectivity index (χ1v) is 11.0. The molecule has 10 heteroatoms. The van der Waals surface area contributed by atoms with Crippen LogP contribution in [0.2, 0.25) is 5.02 Å². The SMILES string of the molecule is O=C(NCc1ccc2c(c1)OCO2)c1cc(S(=O)(=O)Nc2ccc(Cl)cc2)ccc1O. The van der Waals surface area contributed by atoms with Crippen LogP contribution in [0, 0.1) is 0 Å². The van der Waals surface area contributed by atoms with E-state index in [1.807, 2.05) is 0 Å². The molecule has 0 atom stereocenters. The molecule has 0 saturated heterocycles. The van der Waals surface area contributed by atoms with Crippen molar-refractivity contribution in [3.63, 3.8) is 0 Å². The van der Waals surface area contributed by atoms with Crippen LogP contribution in [-0.4, -0.2) is 26.2 Å². The number of amides is 1. The third kappa shape index (κ3) is 4.68. The Morgan fingerprint density at radius 2 is 1.74 bits per heavy atom. The molecule has 3 aromatic carbocycles. The number of sulfonamides is 1. The molecule has 0 unspecified atom stereocenters. The third-order valence-electron chi connectivity index (χ3n) is 4.51. The zero-order valence-corrected chi connectivity index (χ0v) is 17.5. The Morgan fingerprint density at radius 3 is 2.52 bits per heavy atom. The van der Waals surface area contributed by atoms with Gasteiger partial charge in [0, 0.05) is 17.3 Å².